The summed E-state index contributed by atoms with van der Waals surface area (Å²) in [6.07, 6.45) is 4.53. The van der Waals surface area contributed by atoms with Crippen LogP contribution in [-0.4, -0.2) is 22.0 Å². The molecule has 1 aliphatic rings. The third-order valence-electron chi connectivity index (χ3n) is 5.71. The summed E-state index contributed by atoms with van der Waals surface area (Å²) < 4.78 is 30.2. The zero-order valence-corrected chi connectivity index (χ0v) is 16.6. The van der Waals surface area contributed by atoms with Gasteiger partial charge in [-0.25, -0.2) is 13.8 Å². The minimum absolute atomic E-state index is 0.0705. The number of thiophene rings is 1. The molecule has 0 atom stereocenters. The molecule has 1 aromatic carbocycles. The Bertz CT molecular complexity index is 1080. The summed E-state index contributed by atoms with van der Waals surface area (Å²) in [6.45, 7) is 0.380. The molecule has 29 heavy (non-hydrogen) atoms. The first-order valence-electron chi connectivity index (χ1n) is 9.64. The van der Waals surface area contributed by atoms with Gasteiger partial charge >= 0.3 is 0 Å². The number of rotatable bonds is 6. The largest absolute Gasteiger partial charge is 0.355 e. The molecule has 8 heteroatoms. The van der Waals surface area contributed by atoms with Gasteiger partial charge < -0.3 is 5.32 Å². The van der Waals surface area contributed by atoms with Gasteiger partial charge in [0.05, 0.1) is 11.7 Å². The van der Waals surface area contributed by atoms with Gasteiger partial charge in [0.25, 0.3) is 5.56 Å². The highest BCUT2D eigenvalue weighted by atomic mass is 32.1. The van der Waals surface area contributed by atoms with Gasteiger partial charge in [0.1, 0.15) is 16.5 Å². The quantitative estimate of drug-likeness (QED) is 0.664. The van der Waals surface area contributed by atoms with Crippen molar-refractivity contribution < 1.29 is 13.6 Å². The van der Waals surface area contributed by atoms with Crippen LogP contribution in [0.1, 0.15) is 37.7 Å². The third kappa shape index (κ3) is 3.81. The smallest absolute Gasteiger partial charge is 0.262 e. The Morgan fingerprint density at radius 3 is 2.66 bits per heavy atom. The zero-order valence-electron chi connectivity index (χ0n) is 15.8. The number of nitrogens with one attached hydrogen (secondary N) is 1. The Balaban J connectivity index is 1.44. The molecule has 0 bridgehead atoms. The number of carbonyl (C=O) groups excluding carboxylic acids is 1. The van der Waals surface area contributed by atoms with E-state index in [1.54, 1.807) is 11.4 Å². The van der Waals surface area contributed by atoms with Gasteiger partial charge in [-0.3, -0.25) is 14.2 Å². The van der Waals surface area contributed by atoms with Crippen LogP contribution in [0.25, 0.3) is 10.2 Å². The van der Waals surface area contributed by atoms with E-state index in [1.807, 2.05) is 0 Å². The maximum absolute atomic E-state index is 14.4. The Hall–Kier alpha value is -2.61. The van der Waals surface area contributed by atoms with E-state index in [-0.39, 0.29) is 36.5 Å². The van der Waals surface area contributed by atoms with Gasteiger partial charge in [0.2, 0.25) is 5.91 Å². The molecule has 0 spiro atoms. The van der Waals surface area contributed by atoms with Gasteiger partial charge in [0.15, 0.2) is 0 Å². The topological polar surface area (TPSA) is 64.0 Å². The van der Waals surface area contributed by atoms with E-state index in [1.165, 1.54) is 40.4 Å². The molecule has 4 rings (SSSR count). The predicted octanol–water partition coefficient (Wildman–Crippen LogP) is 3.75. The van der Waals surface area contributed by atoms with Gasteiger partial charge in [-0.2, -0.15) is 0 Å². The first kappa shape index (κ1) is 19.7. The van der Waals surface area contributed by atoms with Gasteiger partial charge in [-0.1, -0.05) is 18.9 Å². The van der Waals surface area contributed by atoms with E-state index >= 15 is 0 Å². The second-order valence-corrected chi connectivity index (χ2v) is 8.39. The van der Waals surface area contributed by atoms with Gasteiger partial charge in [-0.15, -0.1) is 11.3 Å². The lowest BCUT2D eigenvalue weighted by Gasteiger charge is -2.30. The standard InChI is InChI=1S/C21H21F2N3O2S/c22-15-4-3-5-16(23)18(15)21(8-1-2-9-21)12-24-17(27)6-10-26-13-25-19-14(20(26)28)7-11-29-19/h3-5,7,11,13H,1-2,6,8-10,12H2,(H,24,27). The second kappa shape index (κ2) is 8.02. The van der Waals surface area contributed by atoms with Crippen LogP contribution in [0.2, 0.25) is 0 Å². The second-order valence-electron chi connectivity index (χ2n) is 7.49. The number of halogens is 2. The SMILES string of the molecule is O=C(CCn1cnc2sccc2c1=O)NCC1(c2c(F)cccc2F)CCCC1. The number of nitrogens with zero attached hydrogens (tertiary/aromatic N) is 2. The number of hydrogen-bond acceptors (Lipinski definition) is 4. The van der Waals surface area contributed by atoms with Crippen LogP contribution >= 0.6 is 11.3 Å². The molecule has 1 N–H and O–H groups in total. The van der Waals surface area contributed by atoms with Crippen LogP contribution in [0.4, 0.5) is 8.78 Å². The summed E-state index contributed by atoms with van der Waals surface area (Å²) in [4.78, 5) is 29.7. The molecular weight excluding hydrogens is 396 g/mol. The van der Waals surface area contributed by atoms with E-state index < -0.39 is 17.0 Å². The van der Waals surface area contributed by atoms with Crippen LogP contribution in [0.3, 0.4) is 0 Å². The first-order chi connectivity index (χ1) is 14.0. The van der Waals surface area contributed by atoms with Crippen LogP contribution in [-0.2, 0) is 16.8 Å². The van der Waals surface area contributed by atoms with Crippen LogP contribution in [0.15, 0.2) is 40.8 Å². The molecule has 0 saturated heterocycles. The van der Waals surface area contributed by atoms with Crippen molar-refractivity contribution in [2.45, 2.75) is 44.1 Å². The highest BCUT2D eigenvalue weighted by Gasteiger charge is 2.40. The van der Waals surface area contributed by atoms with Crippen molar-refractivity contribution >= 4 is 27.5 Å². The molecule has 0 radical (unpaired) electrons. The highest BCUT2D eigenvalue weighted by molar-refractivity contribution is 7.16. The summed E-state index contributed by atoms with van der Waals surface area (Å²) in [5.41, 5.74) is -0.829. The number of fused-ring (bicyclic) bond motifs is 1. The van der Waals surface area contributed by atoms with E-state index in [0.29, 0.717) is 23.1 Å². The minimum Gasteiger partial charge on any atom is -0.355 e. The molecule has 0 aliphatic heterocycles. The number of aromatic nitrogens is 2. The Kier molecular flexibility index (Phi) is 5.45. The summed E-state index contributed by atoms with van der Waals surface area (Å²) in [6, 6.07) is 5.60. The maximum atomic E-state index is 14.4. The Morgan fingerprint density at radius 1 is 1.21 bits per heavy atom. The molecule has 1 amide bonds. The van der Waals surface area contributed by atoms with Gasteiger partial charge in [-0.05, 0) is 36.4 Å². The van der Waals surface area contributed by atoms with Crippen molar-refractivity contribution in [1.29, 1.82) is 0 Å². The molecule has 1 aliphatic carbocycles. The number of carbonyl (C=O) groups is 1. The zero-order chi connectivity index (χ0) is 20.4. The maximum Gasteiger partial charge on any atom is 0.262 e. The monoisotopic (exact) mass is 417 g/mol. The van der Waals surface area contributed by atoms with Crippen molar-refractivity contribution in [3.05, 3.63) is 63.5 Å². The summed E-state index contributed by atoms with van der Waals surface area (Å²) in [5, 5.41) is 5.18. The molecule has 0 unspecified atom stereocenters. The fraction of sp³-hybridized carbons (Fsp3) is 0.381. The minimum atomic E-state index is -0.723. The van der Waals surface area contributed by atoms with Gasteiger partial charge in [0, 0.05) is 30.5 Å². The Morgan fingerprint density at radius 2 is 1.93 bits per heavy atom. The lowest BCUT2D eigenvalue weighted by Crippen LogP contribution is -2.40. The van der Waals surface area contributed by atoms with Crippen LogP contribution < -0.4 is 10.9 Å². The third-order valence-corrected chi connectivity index (χ3v) is 6.53. The number of amides is 1. The summed E-state index contributed by atoms with van der Waals surface area (Å²) in [5.74, 6) is -1.39. The van der Waals surface area contributed by atoms with Crippen molar-refractivity contribution in [2.75, 3.05) is 6.54 Å². The molecule has 1 fully saturated rings. The fourth-order valence-electron chi connectivity index (χ4n) is 4.20. The fourth-order valence-corrected chi connectivity index (χ4v) is 4.93. The van der Waals surface area contributed by atoms with Crippen molar-refractivity contribution in [1.82, 2.24) is 14.9 Å². The lowest BCUT2D eigenvalue weighted by molar-refractivity contribution is -0.121. The molecule has 3 aromatic rings. The van der Waals surface area contributed by atoms with Crippen molar-refractivity contribution in [3.8, 4) is 0 Å². The van der Waals surface area contributed by atoms with E-state index in [2.05, 4.69) is 10.3 Å². The number of benzene rings is 1. The van der Waals surface area contributed by atoms with Crippen LogP contribution in [0, 0.1) is 11.6 Å². The average Bonchev–Trinajstić information content (AvgIpc) is 3.36. The summed E-state index contributed by atoms with van der Waals surface area (Å²) in [7, 11) is 0. The number of hydrogen-bond donors (Lipinski definition) is 1. The molecule has 152 valence electrons. The van der Waals surface area contributed by atoms with E-state index in [0.717, 1.165) is 12.8 Å². The molecule has 5 nitrogen and oxygen atoms in total. The predicted molar refractivity (Wildman–Crippen MR) is 108 cm³/mol. The van der Waals surface area contributed by atoms with Crippen molar-refractivity contribution in [2.24, 2.45) is 0 Å². The van der Waals surface area contributed by atoms with Crippen LogP contribution in [0.5, 0.6) is 0 Å². The molecule has 2 aromatic heterocycles. The lowest BCUT2D eigenvalue weighted by atomic mass is 9.78. The normalized spacial score (nSPS) is 15.7. The van der Waals surface area contributed by atoms with Crippen molar-refractivity contribution in [3.63, 3.8) is 0 Å². The number of aryl methyl sites for hydroxylation is 1. The average molecular weight is 417 g/mol. The highest BCUT2D eigenvalue weighted by Crippen LogP contribution is 2.42. The van der Waals surface area contributed by atoms with E-state index in [4.69, 9.17) is 0 Å². The van der Waals surface area contributed by atoms with E-state index in [9.17, 15) is 18.4 Å². The summed E-state index contributed by atoms with van der Waals surface area (Å²) >= 11 is 1.39. The molecule has 1 saturated carbocycles. The molecule has 2 heterocycles. The Labute approximate surface area is 170 Å². The molecular formula is C21H21F2N3O2S. The first-order valence-corrected chi connectivity index (χ1v) is 10.5.